The van der Waals surface area contributed by atoms with Crippen molar-refractivity contribution in [3.63, 3.8) is 0 Å². The molecule has 2 rings (SSSR count). The molecule has 7 heteroatoms. The summed E-state index contributed by atoms with van der Waals surface area (Å²) in [6, 6.07) is 3.63. The molecular formula is C12H19N3O3S. The summed E-state index contributed by atoms with van der Waals surface area (Å²) in [6.07, 6.45) is 1.19. The van der Waals surface area contributed by atoms with E-state index >= 15 is 0 Å². The Labute approximate surface area is 113 Å². The highest BCUT2D eigenvalue weighted by atomic mass is 32.2. The van der Waals surface area contributed by atoms with E-state index in [9.17, 15) is 13.2 Å². The van der Waals surface area contributed by atoms with E-state index in [4.69, 9.17) is 5.14 Å². The van der Waals surface area contributed by atoms with Crippen molar-refractivity contribution in [2.24, 2.45) is 12.2 Å². The van der Waals surface area contributed by atoms with Crippen LogP contribution in [0.2, 0.25) is 0 Å². The molecule has 1 aromatic heterocycles. The molecule has 0 bridgehead atoms. The highest BCUT2D eigenvalue weighted by Crippen LogP contribution is 2.18. The van der Waals surface area contributed by atoms with E-state index in [1.807, 2.05) is 24.6 Å². The number of nitrogens with two attached hydrogens (primary N) is 1. The van der Waals surface area contributed by atoms with E-state index in [0.29, 0.717) is 25.1 Å². The summed E-state index contributed by atoms with van der Waals surface area (Å²) in [4.78, 5) is 14.0. The summed E-state index contributed by atoms with van der Waals surface area (Å²) < 4.78 is 24.6. The molecule has 1 aliphatic rings. The van der Waals surface area contributed by atoms with Gasteiger partial charge in [-0.1, -0.05) is 0 Å². The van der Waals surface area contributed by atoms with Gasteiger partial charge in [-0.25, -0.2) is 13.6 Å². The van der Waals surface area contributed by atoms with Crippen molar-refractivity contribution in [2.75, 3.05) is 13.1 Å². The smallest absolute Gasteiger partial charge is 0.270 e. The van der Waals surface area contributed by atoms with Gasteiger partial charge in [0.2, 0.25) is 10.0 Å². The molecule has 0 aromatic carbocycles. The van der Waals surface area contributed by atoms with Crippen LogP contribution in [0.25, 0.3) is 0 Å². The van der Waals surface area contributed by atoms with Crippen molar-refractivity contribution in [1.29, 1.82) is 0 Å². The lowest BCUT2D eigenvalue weighted by atomic mass is 10.1. The fraction of sp³-hybridized carbons (Fsp3) is 0.583. The number of hydrogen-bond donors (Lipinski definition) is 1. The normalized spacial score (nSPS) is 20.6. The third-order valence-corrected chi connectivity index (χ3v) is 5.04. The third-order valence-electron chi connectivity index (χ3n) is 3.72. The van der Waals surface area contributed by atoms with Crippen molar-refractivity contribution in [2.45, 2.75) is 25.0 Å². The Bertz CT molecular complexity index is 591. The number of piperidine rings is 1. The van der Waals surface area contributed by atoms with Crippen LogP contribution in [0.15, 0.2) is 12.1 Å². The van der Waals surface area contributed by atoms with E-state index in [1.165, 1.54) is 0 Å². The van der Waals surface area contributed by atoms with Crippen molar-refractivity contribution >= 4 is 15.9 Å². The summed E-state index contributed by atoms with van der Waals surface area (Å²) in [6.45, 7) is 2.68. The van der Waals surface area contributed by atoms with E-state index in [2.05, 4.69) is 0 Å². The Kier molecular flexibility index (Phi) is 3.69. The van der Waals surface area contributed by atoms with Gasteiger partial charge in [-0.3, -0.25) is 4.79 Å². The number of sulfonamides is 1. The molecule has 1 fully saturated rings. The molecule has 106 valence electrons. The van der Waals surface area contributed by atoms with E-state index in [1.54, 1.807) is 11.0 Å². The lowest BCUT2D eigenvalue weighted by Crippen LogP contribution is -2.47. The number of primary sulfonamides is 1. The van der Waals surface area contributed by atoms with Crippen LogP contribution in [0.1, 0.15) is 29.0 Å². The summed E-state index contributed by atoms with van der Waals surface area (Å²) in [5, 5.41) is 4.53. The lowest BCUT2D eigenvalue weighted by molar-refractivity contribution is 0.0717. The number of hydrogen-bond acceptors (Lipinski definition) is 3. The Morgan fingerprint density at radius 2 is 2.11 bits per heavy atom. The molecule has 1 amide bonds. The van der Waals surface area contributed by atoms with E-state index in [-0.39, 0.29) is 12.5 Å². The standard InChI is InChI=1S/C12H19N3O3S/c1-9-5-6-11(14(9)2)12(16)15-7-3-4-10(8-15)19(13,17)18/h5-6,10H,3-4,7-8H2,1-2H3,(H2,13,17,18). The van der Waals surface area contributed by atoms with Gasteiger partial charge in [-0.05, 0) is 31.9 Å². The highest BCUT2D eigenvalue weighted by Gasteiger charge is 2.31. The van der Waals surface area contributed by atoms with Gasteiger partial charge in [0.1, 0.15) is 5.69 Å². The molecule has 0 radical (unpaired) electrons. The van der Waals surface area contributed by atoms with Crippen molar-refractivity contribution < 1.29 is 13.2 Å². The maximum absolute atomic E-state index is 12.4. The second-order valence-corrected chi connectivity index (χ2v) is 6.87. The van der Waals surface area contributed by atoms with Gasteiger partial charge in [0, 0.05) is 25.8 Å². The van der Waals surface area contributed by atoms with Gasteiger partial charge in [-0.2, -0.15) is 0 Å². The monoisotopic (exact) mass is 285 g/mol. The molecule has 2 N–H and O–H groups in total. The number of rotatable bonds is 2. The first-order valence-electron chi connectivity index (χ1n) is 6.24. The second kappa shape index (κ2) is 4.97. The molecule has 19 heavy (non-hydrogen) atoms. The minimum absolute atomic E-state index is 0.135. The van der Waals surface area contributed by atoms with Crippen molar-refractivity contribution in [3.8, 4) is 0 Å². The number of aryl methyl sites for hydroxylation is 1. The fourth-order valence-corrected chi connectivity index (χ4v) is 3.26. The average Bonchev–Trinajstić information content (AvgIpc) is 2.68. The zero-order valence-corrected chi connectivity index (χ0v) is 12.0. The van der Waals surface area contributed by atoms with Crippen LogP contribution in [0.3, 0.4) is 0 Å². The van der Waals surface area contributed by atoms with Crippen LogP contribution < -0.4 is 5.14 Å². The number of aromatic nitrogens is 1. The zero-order chi connectivity index (χ0) is 14.2. The van der Waals surface area contributed by atoms with Crippen LogP contribution in [-0.4, -0.2) is 42.1 Å². The molecule has 0 spiro atoms. The molecule has 2 heterocycles. The Balaban J connectivity index is 2.18. The van der Waals surface area contributed by atoms with Crippen molar-refractivity contribution in [3.05, 3.63) is 23.5 Å². The molecule has 1 unspecified atom stereocenters. The summed E-state index contributed by atoms with van der Waals surface area (Å²) in [5.74, 6) is -0.135. The summed E-state index contributed by atoms with van der Waals surface area (Å²) >= 11 is 0. The summed E-state index contributed by atoms with van der Waals surface area (Å²) in [7, 11) is -1.76. The molecule has 1 atom stereocenters. The molecular weight excluding hydrogens is 266 g/mol. The largest absolute Gasteiger partial charge is 0.344 e. The van der Waals surface area contributed by atoms with Crippen LogP contribution >= 0.6 is 0 Å². The molecule has 0 saturated carbocycles. The predicted octanol–water partition coefficient (Wildman–Crippen LogP) is 0.227. The third kappa shape index (κ3) is 2.82. The van der Waals surface area contributed by atoms with Crippen molar-refractivity contribution in [1.82, 2.24) is 9.47 Å². The Morgan fingerprint density at radius 1 is 1.42 bits per heavy atom. The van der Waals surface area contributed by atoms with Gasteiger partial charge >= 0.3 is 0 Å². The number of carbonyl (C=O) groups is 1. The topological polar surface area (TPSA) is 85.4 Å². The van der Waals surface area contributed by atoms with Crippen LogP contribution in [-0.2, 0) is 17.1 Å². The van der Waals surface area contributed by atoms with Crippen LogP contribution in [0, 0.1) is 6.92 Å². The van der Waals surface area contributed by atoms with Gasteiger partial charge < -0.3 is 9.47 Å². The minimum atomic E-state index is -3.58. The number of carbonyl (C=O) groups excluding carboxylic acids is 1. The van der Waals surface area contributed by atoms with Gasteiger partial charge in [0.05, 0.1) is 5.25 Å². The second-order valence-electron chi connectivity index (χ2n) is 5.02. The van der Waals surface area contributed by atoms with Gasteiger partial charge in [0.25, 0.3) is 5.91 Å². The molecule has 1 saturated heterocycles. The number of likely N-dealkylation sites (tertiary alicyclic amines) is 1. The summed E-state index contributed by atoms with van der Waals surface area (Å²) in [5.41, 5.74) is 1.57. The Hall–Kier alpha value is -1.34. The maximum Gasteiger partial charge on any atom is 0.270 e. The first-order chi connectivity index (χ1) is 8.80. The SMILES string of the molecule is Cc1ccc(C(=O)N2CCCC(S(N)(=O)=O)C2)n1C. The van der Waals surface area contributed by atoms with Crippen LogP contribution in [0.5, 0.6) is 0 Å². The minimum Gasteiger partial charge on any atom is -0.344 e. The molecule has 6 nitrogen and oxygen atoms in total. The quantitative estimate of drug-likeness (QED) is 0.844. The fourth-order valence-electron chi connectivity index (χ4n) is 2.38. The highest BCUT2D eigenvalue weighted by molar-refractivity contribution is 7.89. The Morgan fingerprint density at radius 3 is 2.63 bits per heavy atom. The van der Waals surface area contributed by atoms with Gasteiger partial charge in [-0.15, -0.1) is 0 Å². The lowest BCUT2D eigenvalue weighted by Gasteiger charge is -2.31. The number of nitrogens with zero attached hydrogens (tertiary/aromatic N) is 2. The zero-order valence-electron chi connectivity index (χ0n) is 11.2. The predicted molar refractivity (Wildman–Crippen MR) is 72.2 cm³/mol. The first kappa shape index (κ1) is 14.1. The molecule has 1 aliphatic heterocycles. The van der Waals surface area contributed by atoms with Gasteiger partial charge in [0.15, 0.2) is 0 Å². The van der Waals surface area contributed by atoms with E-state index < -0.39 is 15.3 Å². The molecule has 0 aliphatic carbocycles. The maximum atomic E-state index is 12.4. The first-order valence-corrected chi connectivity index (χ1v) is 7.85. The average molecular weight is 285 g/mol. The van der Waals surface area contributed by atoms with Crippen LogP contribution in [0.4, 0.5) is 0 Å². The number of amides is 1. The molecule has 1 aromatic rings. The van der Waals surface area contributed by atoms with E-state index in [0.717, 1.165) is 5.69 Å².